The maximum absolute atomic E-state index is 12.4. The third-order valence-electron chi connectivity index (χ3n) is 3.14. The molecule has 1 heterocycles. The molecule has 7 heteroatoms. The first-order valence-corrected chi connectivity index (χ1v) is 8.59. The van der Waals surface area contributed by atoms with Crippen molar-refractivity contribution in [2.45, 2.75) is 19.0 Å². The first kappa shape index (κ1) is 17.5. The van der Waals surface area contributed by atoms with Crippen LogP contribution in [0.3, 0.4) is 0 Å². The topological polar surface area (TPSA) is 67.4 Å². The summed E-state index contributed by atoms with van der Waals surface area (Å²) in [5.41, 5.74) is 0.961. The molecule has 1 atom stereocenters. The molecule has 1 aromatic carbocycles. The molecule has 2 rings (SSSR count). The summed E-state index contributed by atoms with van der Waals surface area (Å²) in [4.78, 5) is 24.9. The number of halogens is 1. The van der Waals surface area contributed by atoms with Crippen LogP contribution in [0.4, 0.5) is 4.79 Å². The van der Waals surface area contributed by atoms with E-state index in [1.54, 1.807) is 11.3 Å². The highest BCUT2D eigenvalue weighted by atomic mass is 79.9. The lowest BCUT2D eigenvalue weighted by Gasteiger charge is -2.17. The Morgan fingerprint density at radius 1 is 1.22 bits per heavy atom. The highest BCUT2D eigenvalue weighted by molar-refractivity contribution is 9.11. The van der Waals surface area contributed by atoms with Crippen molar-refractivity contribution >= 4 is 39.3 Å². The van der Waals surface area contributed by atoms with Crippen LogP contribution >= 0.6 is 27.3 Å². The summed E-state index contributed by atoms with van der Waals surface area (Å²) in [5, 5.41) is 5.42. The lowest BCUT2D eigenvalue weighted by atomic mass is 10.1. The number of carbonyl (C=O) groups excluding carboxylic acids is 2. The Labute approximate surface area is 147 Å². The lowest BCUT2D eigenvalue weighted by molar-refractivity contribution is -0.123. The van der Waals surface area contributed by atoms with Gasteiger partial charge in [0.1, 0.15) is 6.04 Å². The zero-order valence-electron chi connectivity index (χ0n) is 12.5. The van der Waals surface area contributed by atoms with Crippen molar-refractivity contribution in [1.82, 2.24) is 10.6 Å². The molecule has 0 saturated heterocycles. The molecule has 1 unspecified atom stereocenters. The van der Waals surface area contributed by atoms with Gasteiger partial charge in [-0.3, -0.25) is 4.79 Å². The van der Waals surface area contributed by atoms with E-state index in [1.807, 2.05) is 42.5 Å². The Kier molecular flexibility index (Phi) is 6.61. The molecule has 23 heavy (non-hydrogen) atoms. The second-order valence-electron chi connectivity index (χ2n) is 4.80. The summed E-state index contributed by atoms with van der Waals surface area (Å²) in [6, 6.07) is 12.7. The van der Waals surface area contributed by atoms with Crippen LogP contribution < -0.4 is 10.6 Å². The molecule has 0 saturated carbocycles. The molecule has 122 valence electrons. The van der Waals surface area contributed by atoms with Crippen LogP contribution in [0.15, 0.2) is 46.3 Å². The average Bonchev–Trinajstić information content (AvgIpc) is 2.98. The van der Waals surface area contributed by atoms with Gasteiger partial charge in [-0.15, -0.1) is 11.3 Å². The normalized spacial score (nSPS) is 11.6. The van der Waals surface area contributed by atoms with Crippen LogP contribution in [0.1, 0.15) is 10.4 Å². The second-order valence-corrected chi connectivity index (χ2v) is 7.35. The highest BCUT2D eigenvalue weighted by Gasteiger charge is 2.21. The fourth-order valence-corrected chi connectivity index (χ4v) is 3.43. The van der Waals surface area contributed by atoms with Gasteiger partial charge >= 0.3 is 6.09 Å². The molecule has 5 nitrogen and oxygen atoms in total. The van der Waals surface area contributed by atoms with Crippen molar-refractivity contribution in [2.75, 3.05) is 7.11 Å². The number of alkyl carbamates (subject to hydrolysis) is 1. The number of hydrogen-bond acceptors (Lipinski definition) is 4. The van der Waals surface area contributed by atoms with Crippen LogP contribution in [-0.2, 0) is 22.5 Å². The molecule has 2 N–H and O–H groups in total. The lowest BCUT2D eigenvalue weighted by Crippen LogP contribution is -2.47. The predicted octanol–water partition coefficient (Wildman–Crippen LogP) is 3.09. The predicted molar refractivity (Wildman–Crippen MR) is 93.3 cm³/mol. The van der Waals surface area contributed by atoms with Gasteiger partial charge in [-0.05, 0) is 33.6 Å². The van der Waals surface area contributed by atoms with Crippen LogP contribution in [-0.4, -0.2) is 25.2 Å². The molecule has 0 aliphatic carbocycles. The number of amides is 2. The van der Waals surface area contributed by atoms with E-state index in [1.165, 1.54) is 7.11 Å². The van der Waals surface area contributed by atoms with Gasteiger partial charge in [0.2, 0.25) is 5.91 Å². The summed E-state index contributed by atoms with van der Waals surface area (Å²) in [7, 11) is 1.27. The Hall–Kier alpha value is -1.86. The largest absolute Gasteiger partial charge is 0.453 e. The van der Waals surface area contributed by atoms with Crippen LogP contribution in [0.25, 0.3) is 0 Å². The number of carbonyl (C=O) groups is 2. The number of benzene rings is 1. The van der Waals surface area contributed by atoms with Crippen molar-refractivity contribution < 1.29 is 14.3 Å². The molecule has 2 aromatic rings. The van der Waals surface area contributed by atoms with Gasteiger partial charge in [0.05, 0.1) is 17.4 Å². The van der Waals surface area contributed by atoms with E-state index in [0.29, 0.717) is 13.0 Å². The summed E-state index contributed by atoms with van der Waals surface area (Å²) >= 11 is 4.94. The molecular formula is C16H17BrN2O3S. The zero-order valence-corrected chi connectivity index (χ0v) is 14.9. The first-order valence-electron chi connectivity index (χ1n) is 6.99. The van der Waals surface area contributed by atoms with Gasteiger partial charge in [-0.1, -0.05) is 30.3 Å². The second kappa shape index (κ2) is 8.69. The molecule has 0 spiro atoms. The number of thiophene rings is 1. The van der Waals surface area contributed by atoms with Crippen molar-refractivity contribution in [2.24, 2.45) is 0 Å². The maximum Gasteiger partial charge on any atom is 0.407 e. The smallest absolute Gasteiger partial charge is 0.407 e. The highest BCUT2D eigenvalue weighted by Crippen LogP contribution is 2.21. The van der Waals surface area contributed by atoms with E-state index < -0.39 is 12.1 Å². The van der Waals surface area contributed by atoms with Crippen LogP contribution in [0, 0.1) is 0 Å². The van der Waals surface area contributed by atoms with E-state index in [4.69, 9.17) is 0 Å². The van der Waals surface area contributed by atoms with Crippen molar-refractivity contribution in [1.29, 1.82) is 0 Å². The molecule has 0 radical (unpaired) electrons. The number of nitrogens with one attached hydrogen (secondary N) is 2. The van der Waals surface area contributed by atoms with Crippen molar-refractivity contribution in [3.63, 3.8) is 0 Å². The summed E-state index contributed by atoms with van der Waals surface area (Å²) in [5.74, 6) is -0.247. The van der Waals surface area contributed by atoms with E-state index in [-0.39, 0.29) is 5.91 Å². The third-order valence-corrected chi connectivity index (χ3v) is 4.77. The monoisotopic (exact) mass is 396 g/mol. The average molecular weight is 397 g/mol. The Morgan fingerprint density at radius 3 is 2.57 bits per heavy atom. The minimum Gasteiger partial charge on any atom is -0.453 e. The quantitative estimate of drug-likeness (QED) is 0.787. The minimum atomic E-state index is -0.687. The van der Waals surface area contributed by atoms with E-state index in [9.17, 15) is 9.59 Å². The molecule has 0 bridgehead atoms. The third kappa shape index (κ3) is 5.69. The van der Waals surface area contributed by atoms with E-state index in [0.717, 1.165) is 14.2 Å². The van der Waals surface area contributed by atoms with Crippen LogP contribution in [0.2, 0.25) is 0 Å². The van der Waals surface area contributed by atoms with Gasteiger partial charge in [0.15, 0.2) is 0 Å². The van der Waals surface area contributed by atoms with E-state index >= 15 is 0 Å². The standard InChI is InChI=1S/C16H17BrN2O3S/c1-22-16(21)19-13(9-11-5-3-2-4-6-11)15(20)18-10-12-7-8-14(17)23-12/h2-8,13H,9-10H2,1H3,(H,18,20)(H,19,21). The summed E-state index contributed by atoms with van der Waals surface area (Å²) in [6.45, 7) is 0.420. The van der Waals surface area contributed by atoms with Gasteiger partial charge in [-0.2, -0.15) is 0 Å². The molecule has 2 amide bonds. The zero-order chi connectivity index (χ0) is 16.7. The molecular weight excluding hydrogens is 380 g/mol. The van der Waals surface area contributed by atoms with Crippen molar-refractivity contribution in [3.8, 4) is 0 Å². The first-order chi connectivity index (χ1) is 11.1. The number of methoxy groups -OCH3 is 1. The van der Waals surface area contributed by atoms with Gasteiger partial charge in [0, 0.05) is 11.3 Å². The number of hydrogen-bond donors (Lipinski definition) is 2. The molecule has 0 aliphatic heterocycles. The molecule has 0 fully saturated rings. The Morgan fingerprint density at radius 2 is 1.96 bits per heavy atom. The summed E-state index contributed by atoms with van der Waals surface area (Å²) in [6.07, 6.45) is -0.226. The van der Waals surface area contributed by atoms with Gasteiger partial charge < -0.3 is 15.4 Å². The fourth-order valence-electron chi connectivity index (χ4n) is 2.00. The maximum atomic E-state index is 12.4. The summed E-state index contributed by atoms with van der Waals surface area (Å²) < 4.78 is 5.61. The van der Waals surface area contributed by atoms with E-state index in [2.05, 4.69) is 31.3 Å². The Balaban J connectivity index is 1.99. The number of rotatable bonds is 6. The number of ether oxygens (including phenoxy) is 1. The van der Waals surface area contributed by atoms with Gasteiger partial charge in [0.25, 0.3) is 0 Å². The minimum absolute atomic E-state index is 0.247. The SMILES string of the molecule is COC(=O)NC(Cc1ccccc1)C(=O)NCc1ccc(Br)s1. The van der Waals surface area contributed by atoms with Crippen LogP contribution in [0.5, 0.6) is 0 Å². The molecule has 0 aliphatic rings. The molecule has 1 aromatic heterocycles. The fraction of sp³-hybridized carbons (Fsp3) is 0.250. The van der Waals surface area contributed by atoms with Gasteiger partial charge in [-0.25, -0.2) is 4.79 Å². The Bertz CT molecular complexity index is 660. The van der Waals surface area contributed by atoms with Crippen molar-refractivity contribution in [3.05, 3.63) is 56.7 Å².